The average Bonchev–Trinajstić information content (AvgIpc) is 2.45. The Labute approximate surface area is 134 Å². The fraction of sp³-hybridized carbons (Fsp3) is 0.235. The molecule has 3 rings (SSSR count). The predicted molar refractivity (Wildman–Crippen MR) is 87.0 cm³/mol. The Balaban J connectivity index is 1.63. The van der Waals surface area contributed by atoms with Crippen molar-refractivity contribution in [1.82, 2.24) is 0 Å². The molecule has 0 spiro atoms. The standard InChI is InChI=1S/C17H14Cl2N2/c18-16-6-5-13(9-12(16)10-20)21-14-7-11(8-14)15-3-1-2-4-17(15)19/h1-6,9,11,14,21H,7-8H2. The number of anilines is 1. The van der Waals surface area contributed by atoms with Gasteiger partial charge in [-0.15, -0.1) is 0 Å². The van der Waals surface area contributed by atoms with Crippen molar-refractivity contribution in [2.24, 2.45) is 0 Å². The smallest absolute Gasteiger partial charge is 0.101 e. The average molecular weight is 317 g/mol. The van der Waals surface area contributed by atoms with Gasteiger partial charge in [-0.2, -0.15) is 5.26 Å². The van der Waals surface area contributed by atoms with Crippen molar-refractivity contribution in [3.8, 4) is 6.07 Å². The minimum Gasteiger partial charge on any atom is -0.382 e. The second kappa shape index (κ2) is 5.97. The number of benzene rings is 2. The van der Waals surface area contributed by atoms with Crippen molar-refractivity contribution >= 4 is 28.9 Å². The summed E-state index contributed by atoms with van der Waals surface area (Å²) in [5, 5.41) is 13.8. The van der Waals surface area contributed by atoms with Crippen LogP contribution < -0.4 is 5.32 Å². The molecule has 2 aromatic carbocycles. The van der Waals surface area contributed by atoms with E-state index in [1.54, 1.807) is 12.1 Å². The first kappa shape index (κ1) is 14.3. The van der Waals surface area contributed by atoms with Crippen molar-refractivity contribution < 1.29 is 0 Å². The first-order valence-corrected chi connectivity index (χ1v) is 7.63. The molecular weight excluding hydrogens is 303 g/mol. The van der Waals surface area contributed by atoms with Crippen molar-refractivity contribution in [2.45, 2.75) is 24.8 Å². The molecule has 2 nitrogen and oxygen atoms in total. The highest BCUT2D eigenvalue weighted by atomic mass is 35.5. The number of halogens is 2. The quantitative estimate of drug-likeness (QED) is 0.842. The van der Waals surface area contributed by atoms with Crippen LogP contribution in [0.5, 0.6) is 0 Å². The predicted octanol–water partition coefficient (Wildman–Crippen LogP) is 5.22. The van der Waals surface area contributed by atoms with Crippen molar-refractivity contribution in [3.05, 3.63) is 63.6 Å². The van der Waals surface area contributed by atoms with Gasteiger partial charge in [0, 0.05) is 16.8 Å². The molecule has 106 valence electrons. The number of rotatable bonds is 3. The molecular formula is C17H14Cl2N2. The molecule has 0 aromatic heterocycles. The molecule has 1 saturated carbocycles. The summed E-state index contributed by atoms with van der Waals surface area (Å²) in [6.45, 7) is 0. The van der Waals surface area contributed by atoms with E-state index in [0.717, 1.165) is 23.6 Å². The van der Waals surface area contributed by atoms with Gasteiger partial charge in [-0.25, -0.2) is 0 Å². The molecule has 1 fully saturated rings. The van der Waals surface area contributed by atoms with Gasteiger partial charge in [0.25, 0.3) is 0 Å². The molecule has 1 aliphatic rings. The third-order valence-electron chi connectivity index (χ3n) is 3.94. The highest BCUT2D eigenvalue weighted by Gasteiger charge is 2.31. The molecule has 0 amide bonds. The lowest BCUT2D eigenvalue weighted by atomic mass is 9.76. The van der Waals surface area contributed by atoms with Crippen LogP contribution in [0.25, 0.3) is 0 Å². The third-order valence-corrected chi connectivity index (χ3v) is 4.61. The molecule has 2 aromatic rings. The van der Waals surface area contributed by atoms with E-state index in [-0.39, 0.29) is 0 Å². The van der Waals surface area contributed by atoms with Gasteiger partial charge in [0.1, 0.15) is 6.07 Å². The van der Waals surface area contributed by atoms with E-state index in [9.17, 15) is 0 Å². The summed E-state index contributed by atoms with van der Waals surface area (Å²) >= 11 is 12.2. The van der Waals surface area contributed by atoms with Crippen LogP contribution in [0.3, 0.4) is 0 Å². The first-order chi connectivity index (χ1) is 10.2. The normalized spacial score (nSPS) is 20.4. The molecule has 0 atom stereocenters. The minimum absolute atomic E-state index is 0.416. The lowest BCUT2D eigenvalue weighted by molar-refractivity contribution is 0.374. The molecule has 0 saturated heterocycles. The van der Waals surface area contributed by atoms with Crippen molar-refractivity contribution in [3.63, 3.8) is 0 Å². The van der Waals surface area contributed by atoms with Crippen LogP contribution in [-0.2, 0) is 0 Å². The fourth-order valence-corrected chi connectivity index (χ4v) is 3.18. The maximum Gasteiger partial charge on any atom is 0.101 e. The Kier molecular flexibility index (Phi) is 4.05. The number of nitrogens with zero attached hydrogens (tertiary/aromatic N) is 1. The molecule has 0 heterocycles. The molecule has 1 aliphatic carbocycles. The SMILES string of the molecule is N#Cc1cc(NC2CC(c3ccccc3Cl)C2)ccc1Cl. The highest BCUT2D eigenvalue weighted by Crippen LogP contribution is 2.41. The number of nitriles is 1. The van der Waals surface area contributed by atoms with Crippen LogP contribution in [0.1, 0.15) is 29.9 Å². The number of hydrogen-bond donors (Lipinski definition) is 1. The lowest BCUT2D eigenvalue weighted by Gasteiger charge is -2.37. The number of hydrogen-bond acceptors (Lipinski definition) is 2. The van der Waals surface area contributed by atoms with Crippen LogP contribution >= 0.6 is 23.2 Å². The number of nitrogens with one attached hydrogen (secondary N) is 1. The Bertz CT molecular complexity index is 700. The van der Waals surface area contributed by atoms with E-state index < -0.39 is 0 Å². The second-order valence-corrected chi connectivity index (χ2v) is 6.15. The summed E-state index contributed by atoms with van der Waals surface area (Å²) in [5.74, 6) is 0.513. The maximum atomic E-state index is 8.99. The second-order valence-electron chi connectivity index (χ2n) is 5.34. The first-order valence-electron chi connectivity index (χ1n) is 6.88. The van der Waals surface area contributed by atoms with Crippen LogP contribution in [0.2, 0.25) is 10.0 Å². The minimum atomic E-state index is 0.416. The Hall–Kier alpha value is -1.69. The summed E-state index contributed by atoms with van der Waals surface area (Å²) in [7, 11) is 0. The molecule has 21 heavy (non-hydrogen) atoms. The maximum absolute atomic E-state index is 8.99. The van der Waals surface area contributed by atoms with Crippen molar-refractivity contribution in [2.75, 3.05) is 5.32 Å². The topological polar surface area (TPSA) is 35.8 Å². The summed E-state index contributed by atoms with van der Waals surface area (Å²) in [6, 6.07) is 16.0. The van der Waals surface area contributed by atoms with Crippen molar-refractivity contribution in [1.29, 1.82) is 5.26 Å². The summed E-state index contributed by atoms with van der Waals surface area (Å²) in [4.78, 5) is 0. The summed E-state index contributed by atoms with van der Waals surface area (Å²) in [6.07, 6.45) is 2.10. The Morgan fingerprint density at radius 1 is 1.05 bits per heavy atom. The van der Waals surface area contributed by atoms with Gasteiger partial charge < -0.3 is 5.32 Å². The Morgan fingerprint density at radius 3 is 2.52 bits per heavy atom. The monoisotopic (exact) mass is 316 g/mol. The summed E-state index contributed by atoms with van der Waals surface area (Å²) in [5.41, 5.74) is 2.67. The van der Waals surface area contributed by atoms with Crippen LogP contribution in [-0.4, -0.2) is 6.04 Å². The van der Waals surface area contributed by atoms with Gasteiger partial charge in [-0.05, 0) is 48.6 Å². The van der Waals surface area contributed by atoms with Gasteiger partial charge >= 0.3 is 0 Å². The zero-order chi connectivity index (χ0) is 14.8. The van der Waals surface area contributed by atoms with Gasteiger partial charge in [-0.3, -0.25) is 0 Å². The molecule has 0 radical (unpaired) electrons. The molecule has 0 bridgehead atoms. The van der Waals surface area contributed by atoms with E-state index in [0.29, 0.717) is 22.5 Å². The summed E-state index contributed by atoms with van der Waals surface area (Å²) < 4.78 is 0. The van der Waals surface area contributed by atoms with Gasteiger partial charge in [0.05, 0.1) is 10.6 Å². The van der Waals surface area contributed by atoms with Gasteiger partial charge in [-0.1, -0.05) is 41.4 Å². The van der Waals surface area contributed by atoms with Crippen LogP contribution in [0, 0.1) is 11.3 Å². The van der Waals surface area contributed by atoms with Crippen LogP contribution in [0.4, 0.5) is 5.69 Å². The molecule has 4 heteroatoms. The Morgan fingerprint density at radius 2 is 1.81 bits per heavy atom. The van der Waals surface area contributed by atoms with Crippen LogP contribution in [0.15, 0.2) is 42.5 Å². The molecule has 1 N–H and O–H groups in total. The van der Waals surface area contributed by atoms with E-state index in [2.05, 4.69) is 17.5 Å². The van der Waals surface area contributed by atoms with E-state index in [1.807, 2.05) is 24.3 Å². The zero-order valence-electron chi connectivity index (χ0n) is 11.3. The largest absolute Gasteiger partial charge is 0.382 e. The lowest BCUT2D eigenvalue weighted by Crippen LogP contribution is -2.34. The van der Waals surface area contributed by atoms with E-state index >= 15 is 0 Å². The zero-order valence-corrected chi connectivity index (χ0v) is 12.8. The third kappa shape index (κ3) is 3.00. The molecule has 0 unspecified atom stereocenters. The van der Waals surface area contributed by atoms with E-state index in [4.69, 9.17) is 28.5 Å². The molecule has 0 aliphatic heterocycles. The highest BCUT2D eigenvalue weighted by molar-refractivity contribution is 6.32. The van der Waals surface area contributed by atoms with Gasteiger partial charge in [0.2, 0.25) is 0 Å². The van der Waals surface area contributed by atoms with Gasteiger partial charge in [0.15, 0.2) is 0 Å². The van der Waals surface area contributed by atoms with E-state index in [1.165, 1.54) is 5.56 Å². The fourth-order valence-electron chi connectivity index (χ4n) is 2.73.